The summed E-state index contributed by atoms with van der Waals surface area (Å²) in [5.41, 5.74) is 7.63. The number of ether oxygens (including phenoxy) is 3. The predicted octanol–water partition coefficient (Wildman–Crippen LogP) is 20.6. The highest BCUT2D eigenvalue weighted by Gasteiger charge is 2.36. The van der Waals surface area contributed by atoms with Crippen molar-refractivity contribution in [1.82, 2.24) is 0 Å². The van der Waals surface area contributed by atoms with E-state index in [0.29, 0.717) is 59.4 Å². The predicted molar refractivity (Wildman–Crippen MR) is 344 cm³/mol. The molecule has 3 heterocycles. The lowest BCUT2D eigenvalue weighted by Crippen LogP contribution is -2.00. The third-order valence-corrected chi connectivity index (χ3v) is 22.4. The topological polar surface area (TPSA) is 130 Å². The molecule has 3 aliphatic rings. The maximum atomic E-state index is 12.9. The Bertz CT molecular complexity index is 3440. The summed E-state index contributed by atoms with van der Waals surface area (Å²) in [4.78, 5) is 2.24. The summed E-state index contributed by atoms with van der Waals surface area (Å²) in [6.07, 6.45) is 21.9. The molecule has 0 saturated carbocycles. The quantitative estimate of drug-likeness (QED) is 0.0543. The number of fused-ring (bicyclic) bond motifs is 9. The molecule has 17 heteroatoms. The summed E-state index contributed by atoms with van der Waals surface area (Å²) in [5.74, 6) is 2.18. The van der Waals surface area contributed by atoms with E-state index in [4.69, 9.17) is 14.2 Å². The molecule has 6 aromatic rings. The monoisotopic (exact) mass is 1470 g/mol. The minimum Gasteiger partial charge on any atom is -0.494 e. The van der Waals surface area contributed by atoms with E-state index in [9.17, 15) is 25.3 Å². The Balaban J connectivity index is 0.000000191. The second-order valence-electron chi connectivity index (χ2n) is 20.6. The summed E-state index contributed by atoms with van der Waals surface area (Å²) in [6.45, 7) is 14.5. The maximum absolute atomic E-state index is 12.9. The van der Waals surface area contributed by atoms with Gasteiger partial charge in [0.1, 0.15) is 17.2 Å². The van der Waals surface area contributed by atoms with Crippen LogP contribution in [0.1, 0.15) is 153 Å². The van der Waals surface area contributed by atoms with E-state index in [1.807, 2.05) is 63.2 Å². The third kappa shape index (κ3) is 16.2. The van der Waals surface area contributed by atoms with Crippen LogP contribution < -0.4 is 14.2 Å². The van der Waals surface area contributed by atoms with E-state index in [-0.39, 0.29) is 0 Å². The molecule has 9 rings (SSSR count). The zero-order valence-corrected chi connectivity index (χ0v) is 57.2. The number of hydrogen-bond acceptors (Lipinski definition) is 9. The normalized spacial score (nSPS) is 13.8. The first-order valence-electron chi connectivity index (χ1n) is 28.0. The summed E-state index contributed by atoms with van der Waals surface area (Å²) in [5, 5.41) is 0. The van der Waals surface area contributed by atoms with Crippen LogP contribution in [0.2, 0.25) is 0 Å². The molecule has 0 N–H and O–H groups in total. The molecule has 0 unspecified atom stereocenters. The van der Waals surface area contributed by atoms with Gasteiger partial charge in [-0.2, -0.15) is 0 Å². The van der Waals surface area contributed by atoms with E-state index in [2.05, 4.69) is 96.8 Å². The minimum absolute atomic E-state index is 0.341. The van der Waals surface area contributed by atoms with Gasteiger partial charge >= 0.3 is 0 Å². The van der Waals surface area contributed by atoms with Crippen LogP contribution in [0.3, 0.4) is 0 Å². The van der Waals surface area contributed by atoms with Gasteiger partial charge < -0.3 is 14.2 Å². The number of sulfone groups is 3. The second-order valence-corrected chi connectivity index (χ2v) is 28.9. The van der Waals surface area contributed by atoms with Gasteiger partial charge in [0.2, 0.25) is 29.5 Å². The van der Waals surface area contributed by atoms with Crippen LogP contribution in [0.4, 0.5) is 0 Å². The van der Waals surface area contributed by atoms with Crippen molar-refractivity contribution in [3.05, 3.63) is 121 Å². The Kier molecular flexibility index (Phi) is 25.8. The standard InChI is InChI=1S/C21H24Br2O3S.C21H25BrO3S.C21H26O3S.Br2/c1-3-4-5-6-7-8-9-26-19-11-16-15-10-14(2)17(22)12-20(15)27(24,25)21(16)13-18(19)23;1-3-4-5-6-7-8-11-25-16-9-10-20-18(13-16)17-12-15(2)19(22)14-21(17)26(20,23)24;1-3-4-5-6-7-8-13-24-17-10-12-21-19(15-17)18-14-16(2)9-11-20(18)25(21,22)23;1-2/h10-13H,3-9H2,1-2H3;9-10,12-14H,3-8,11H2,1-2H3;9-12,14-15H,3-8,13H2,1-2H3;. The van der Waals surface area contributed by atoms with E-state index in [1.165, 1.54) is 89.9 Å². The molecule has 0 saturated heterocycles. The Morgan fingerprint density at radius 2 is 0.650 bits per heavy atom. The number of rotatable bonds is 24. The lowest BCUT2D eigenvalue weighted by molar-refractivity contribution is 0.302. The molecule has 0 bridgehead atoms. The molecule has 3 aliphatic heterocycles. The van der Waals surface area contributed by atoms with Crippen molar-refractivity contribution in [1.29, 1.82) is 0 Å². The van der Waals surface area contributed by atoms with Gasteiger partial charge in [-0.25, -0.2) is 25.3 Å². The van der Waals surface area contributed by atoms with Gasteiger partial charge in [0, 0.05) is 70.6 Å². The van der Waals surface area contributed by atoms with Crippen LogP contribution in [0.25, 0.3) is 33.4 Å². The molecule has 80 heavy (non-hydrogen) atoms. The number of benzene rings is 6. The highest BCUT2D eigenvalue weighted by Crippen LogP contribution is 2.50. The molecule has 0 spiro atoms. The smallest absolute Gasteiger partial charge is 0.207 e. The summed E-state index contributed by atoms with van der Waals surface area (Å²) in [6, 6.07) is 26.9. The fourth-order valence-corrected chi connectivity index (χ4v) is 16.6. The highest BCUT2D eigenvalue weighted by atomic mass is 80.9. The number of halogens is 5. The van der Waals surface area contributed by atoms with Gasteiger partial charge in [0.25, 0.3) is 0 Å². The van der Waals surface area contributed by atoms with Crippen LogP contribution in [0.5, 0.6) is 17.2 Å². The van der Waals surface area contributed by atoms with Crippen molar-refractivity contribution < 1.29 is 39.5 Å². The minimum atomic E-state index is -3.50. The Labute approximate surface area is 518 Å². The number of hydrogen-bond donors (Lipinski definition) is 0. The van der Waals surface area contributed by atoms with Crippen LogP contribution in [-0.2, 0) is 29.5 Å². The lowest BCUT2D eigenvalue weighted by atomic mass is 10.0. The van der Waals surface area contributed by atoms with Crippen LogP contribution in [-0.4, -0.2) is 45.1 Å². The molecule has 0 aromatic heterocycles. The van der Waals surface area contributed by atoms with Crippen molar-refractivity contribution in [2.45, 2.75) is 186 Å². The second kappa shape index (κ2) is 31.2. The SMILES string of the molecule is BrBr.CCCCCCCCOc1cc2c(cc1Br)S(=O)(=O)c1cc(Br)c(C)cc1-2.CCCCCCCCOc1ccc2c(c1)-c1cc(C)c(Br)cc1S2(=O)=O.CCCCCCCCOc1ccc2c(c1)-c1cc(C)ccc1S2(=O)=O. The Morgan fingerprint density at radius 1 is 0.338 bits per heavy atom. The van der Waals surface area contributed by atoms with Crippen molar-refractivity contribution in [3.63, 3.8) is 0 Å². The van der Waals surface area contributed by atoms with E-state index < -0.39 is 29.5 Å². The zero-order chi connectivity index (χ0) is 58.2. The molecule has 9 nitrogen and oxygen atoms in total. The average Bonchev–Trinajstić information content (AvgIpc) is 3.92. The molecule has 6 aromatic carbocycles. The van der Waals surface area contributed by atoms with E-state index >= 15 is 0 Å². The molecular weight excluding hydrogens is 1400 g/mol. The van der Waals surface area contributed by atoms with Crippen molar-refractivity contribution in [3.8, 4) is 50.6 Å². The molecule has 0 aliphatic carbocycles. The van der Waals surface area contributed by atoms with Gasteiger partial charge in [-0.3, -0.25) is 0 Å². The van der Waals surface area contributed by atoms with Crippen molar-refractivity contribution in [2.24, 2.45) is 0 Å². The van der Waals surface area contributed by atoms with Gasteiger partial charge in [-0.15, -0.1) is 0 Å². The molecule has 0 radical (unpaired) electrons. The van der Waals surface area contributed by atoms with E-state index in [1.54, 1.807) is 48.5 Å². The van der Waals surface area contributed by atoms with E-state index in [0.717, 1.165) is 96.2 Å². The van der Waals surface area contributed by atoms with Crippen molar-refractivity contribution >= 4 is 106 Å². The average molecular weight is 1470 g/mol. The Morgan fingerprint density at radius 3 is 1.07 bits per heavy atom. The summed E-state index contributed by atoms with van der Waals surface area (Å²) < 4.78 is 96.6. The first-order valence-corrected chi connectivity index (χ1v) is 38.5. The van der Waals surface area contributed by atoms with Crippen LogP contribution >= 0.6 is 76.0 Å². The zero-order valence-electron chi connectivity index (χ0n) is 46.8. The van der Waals surface area contributed by atoms with Crippen LogP contribution in [0, 0.1) is 20.8 Å². The summed E-state index contributed by atoms with van der Waals surface area (Å²) >= 11 is 15.9. The maximum Gasteiger partial charge on any atom is 0.207 e. The molecule has 0 fully saturated rings. The van der Waals surface area contributed by atoms with Gasteiger partial charge in [-0.05, 0) is 146 Å². The lowest BCUT2D eigenvalue weighted by Gasteiger charge is -2.10. The molecular formula is C63H75Br5O9S3. The van der Waals surface area contributed by atoms with Crippen LogP contribution in [0.15, 0.2) is 134 Å². The number of unbranched alkanes of at least 4 members (excludes halogenated alkanes) is 15. The van der Waals surface area contributed by atoms with Gasteiger partial charge in [0.05, 0.1) is 53.7 Å². The molecule has 0 atom stereocenters. The fraction of sp³-hybridized carbons (Fsp3) is 0.429. The first-order chi connectivity index (χ1) is 38.3. The number of aryl methyl sites for hydroxylation is 3. The Hall–Kier alpha value is -3.03. The van der Waals surface area contributed by atoms with Gasteiger partial charge in [0.15, 0.2) is 0 Å². The summed E-state index contributed by atoms with van der Waals surface area (Å²) in [7, 11) is -10.3. The van der Waals surface area contributed by atoms with Gasteiger partial charge in [-0.1, -0.05) is 167 Å². The highest BCUT2D eigenvalue weighted by molar-refractivity contribution is 9.93. The molecule has 0 amide bonds. The third-order valence-electron chi connectivity index (χ3n) is 14.5. The molecule has 434 valence electrons. The van der Waals surface area contributed by atoms with Crippen molar-refractivity contribution in [2.75, 3.05) is 19.8 Å². The largest absolute Gasteiger partial charge is 0.494 e. The fourth-order valence-electron chi connectivity index (χ4n) is 10.0. The first kappa shape index (κ1) is 66.1.